The molecule has 0 saturated heterocycles. The molecule has 0 bridgehead atoms. The van der Waals surface area contributed by atoms with Crippen LogP contribution in [0.4, 0.5) is 0 Å². The molecule has 0 aliphatic carbocycles. The van der Waals surface area contributed by atoms with Gasteiger partial charge in [0.2, 0.25) is 15.0 Å². The van der Waals surface area contributed by atoms with E-state index in [1.807, 2.05) is 60.3 Å². The summed E-state index contributed by atoms with van der Waals surface area (Å²) in [6.45, 7) is 4.01. The summed E-state index contributed by atoms with van der Waals surface area (Å²) in [4.78, 5) is 10.6. The Hall–Kier alpha value is -3.30. The van der Waals surface area contributed by atoms with Crippen molar-refractivity contribution in [1.29, 1.82) is 0 Å². The average molecular weight is 450 g/mol. The minimum atomic E-state index is -3.41. The quantitative estimate of drug-likeness (QED) is 0.432. The monoisotopic (exact) mass is 449 g/mol. The largest absolute Gasteiger partial charge is 0.460 e. The van der Waals surface area contributed by atoms with E-state index < -0.39 is 9.84 Å². The molecule has 1 aromatic carbocycles. The van der Waals surface area contributed by atoms with Gasteiger partial charge in [-0.2, -0.15) is 5.10 Å². The number of para-hydroxylation sites is 1. The van der Waals surface area contributed by atoms with Crippen LogP contribution in [0.1, 0.15) is 22.6 Å². The van der Waals surface area contributed by atoms with E-state index in [9.17, 15) is 8.42 Å². The molecule has 4 aromatic rings. The lowest BCUT2D eigenvalue weighted by atomic mass is 10.1. The molecule has 9 heteroatoms. The predicted octanol–water partition coefficient (Wildman–Crippen LogP) is 3.19. The van der Waals surface area contributed by atoms with E-state index in [2.05, 4.69) is 14.9 Å². The molecule has 0 amide bonds. The smallest absolute Gasteiger partial charge is 0.246 e. The number of aryl methyl sites for hydroxylation is 1. The summed E-state index contributed by atoms with van der Waals surface area (Å²) in [5, 5.41) is 4.71. The molecule has 0 fully saturated rings. The van der Waals surface area contributed by atoms with Crippen molar-refractivity contribution in [1.82, 2.24) is 24.6 Å². The summed E-state index contributed by atoms with van der Waals surface area (Å²) in [6.07, 6.45) is 5.48. The van der Waals surface area contributed by atoms with Crippen molar-refractivity contribution < 1.29 is 12.8 Å². The Bertz CT molecular complexity index is 1380. The van der Waals surface area contributed by atoms with Gasteiger partial charge in [-0.05, 0) is 31.2 Å². The second-order valence-electron chi connectivity index (χ2n) is 8.05. The number of furan rings is 1. The van der Waals surface area contributed by atoms with Gasteiger partial charge in [0.25, 0.3) is 0 Å². The van der Waals surface area contributed by atoms with Crippen LogP contribution in [0.2, 0.25) is 0 Å². The first-order valence-electron chi connectivity index (χ1n) is 10.3. The number of sulfone groups is 1. The minimum absolute atomic E-state index is 0.107. The summed E-state index contributed by atoms with van der Waals surface area (Å²) >= 11 is 0. The van der Waals surface area contributed by atoms with Crippen molar-refractivity contribution in [3.8, 4) is 17.1 Å². The third kappa shape index (κ3) is 4.09. The Morgan fingerprint density at radius 3 is 2.66 bits per heavy atom. The van der Waals surface area contributed by atoms with Crippen LogP contribution in [0, 0.1) is 6.92 Å². The van der Waals surface area contributed by atoms with Crippen molar-refractivity contribution >= 4 is 9.84 Å². The highest BCUT2D eigenvalue weighted by molar-refractivity contribution is 7.90. The van der Waals surface area contributed by atoms with E-state index in [1.165, 1.54) is 0 Å². The second kappa shape index (κ2) is 7.99. The van der Waals surface area contributed by atoms with Gasteiger partial charge in [0.15, 0.2) is 5.76 Å². The number of aromatic nitrogens is 4. The summed E-state index contributed by atoms with van der Waals surface area (Å²) < 4.78 is 31.3. The van der Waals surface area contributed by atoms with Crippen LogP contribution >= 0.6 is 0 Å². The SMILES string of the molecule is Cc1ccc(-c2nn(-c3ccccc3)cc2CN2CCc3nc(S(C)(=O)=O)ncc3C2)o1. The van der Waals surface area contributed by atoms with Gasteiger partial charge in [-0.1, -0.05) is 18.2 Å². The van der Waals surface area contributed by atoms with Gasteiger partial charge in [0.1, 0.15) is 11.5 Å². The molecule has 0 unspecified atom stereocenters. The van der Waals surface area contributed by atoms with E-state index in [-0.39, 0.29) is 5.16 Å². The summed E-state index contributed by atoms with van der Waals surface area (Å²) in [6, 6.07) is 13.9. The fourth-order valence-electron chi connectivity index (χ4n) is 3.92. The van der Waals surface area contributed by atoms with E-state index in [1.54, 1.807) is 6.20 Å². The topological polar surface area (TPSA) is 94.1 Å². The van der Waals surface area contributed by atoms with E-state index >= 15 is 0 Å². The molecule has 4 heterocycles. The fourth-order valence-corrected chi connectivity index (χ4v) is 4.44. The maximum Gasteiger partial charge on any atom is 0.246 e. The first-order chi connectivity index (χ1) is 15.4. The number of benzene rings is 1. The molecular weight excluding hydrogens is 426 g/mol. The summed E-state index contributed by atoms with van der Waals surface area (Å²) in [7, 11) is -3.41. The normalized spacial score (nSPS) is 14.4. The molecule has 0 spiro atoms. The lowest BCUT2D eigenvalue weighted by molar-refractivity contribution is 0.242. The zero-order valence-corrected chi connectivity index (χ0v) is 18.7. The number of fused-ring (bicyclic) bond motifs is 1. The Morgan fingerprint density at radius 2 is 1.94 bits per heavy atom. The highest BCUT2D eigenvalue weighted by Crippen LogP contribution is 2.28. The molecule has 5 rings (SSSR count). The maximum atomic E-state index is 11.8. The first-order valence-corrected chi connectivity index (χ1v) is 12.2. The lowest BCUT2D eigenvalue weighted by Gasteiger charge is -2.27. The molecule has 0 N–H and O–H groups in total. The summed E-state index contributed by atoms with van der Waals surface area (Å²) in [5.74, 6) is 1.58. The highest BCUT2D eigenvalue weighted by Gasteiger charge is 2.23. The Morgan fingerprint density at radius 1 is 1.12 bits per heavy atom. The van der Waals surface area contributed by atoms with Crippen LogP contribution in [0.25, 0.3) is 17.1 Å². The molecule has 8 nitrogen and oxygen atoms in total. The first kappa shape index (κ1) is 20.6. The molecule has 0 radical (unpaired) electrons. The van der Waals surface area contributed by atoms with Gasteiger partial charge in [0, 0.05) is 55.8 Å². The average Bonchev–Trinajstić information content (AvgIpc) is 3.39. The number of hydrogen-bond acceptors (Lipinski definition) is 7. The standard InChI is InChI=1S/C23H23N5O3S/c1-16-8-9-21(31-16)22-18(15-28(26-22)19-6-4-3-5-7-19)14-27-11-10-20-17(13-27)12-24-23(25-20)32(2,29)30/h3-9,12,15H,10-11,13-14H2,1-2H3. The van der Waals surface area contributed by atoms with E-state index in [4.69, 9.17) is 9.52 Å². The van der Waals surface area contributed by atoms with Gasteiger partial charge in [0.05, 0.1) is 11.4 Å². The number of hydrogen-bond donors (Lipinski definition) is 0. The Balaban J connectivity index is 1.44. The van der Waals surface area contributed by atoms with Crippen LogP contribution in [-0.4, -0.2) is 45.9 Å². The van der Waals surface area contributed by atoms with Crippen LogP contribution in [0.15, 0.2) is 64.4 Å². The van der Waals surface area contributed by atoms with Gasteiger partial charge < -0.3 is 4.42 Å². The molecule has 32 heavy (non-hydrogen) atoms. The third-order valence-electron chi connectivity index (χ3n) is 5.50. The fraction of sp³-hybridized carbons (Fsp3) is 0.261. The minimum Gasteiger partial charge on any atom is -0.460 e. The third-order valence-corrected chi connectivity index (χ3v) is 6.36. The highest BCUT2D eigenvalue weighted by atomic mass is 32.2. The predicted molar refractivity (Wildman–Crippen MR) is 119 cm³/mol. The van der Waals surface area contributed by atoms with Crippen molar-refractivity contribution in [3.05, 3.63) is 77.4 Å². The molecule has 0 atom stereocenters. The molecule has 164 valence electrons. The zero-order valence-electron chi connectivity index (χ0n) is 17.9. The number of nitrogens with zero attached hydrogens (tertiary/aromatic N) is 5. The number of rotatable bonds is 5. The molecule has 1 aliphatic rings. The van der Waals surface area contributed by atoms with Crippen LogP contribution in [0.5, 0.6) is 0 Å². The Labute approximate surface area is 186 Å². The molecular formula is C23H23N5O3S. The van der Waals surface area contributed by atoms with Crippen LogP contribution < -0.4 is 0 Å². The van der Waals surface area contributed by atoms with Gasteiger partial charge >= 0.3 is 0 Å². The van der Waals surface area contributed by atoms with E-state index in [0.717, 1.165) is 52.5 Å². The van der Waals surface area contributed by atoms with Crippen molar-refractivity contribution in [3.63, 3.8) is 0 Å². The second-order valence-corrected chi connectivity index (χ2v) is 9.96. The van der Waals surface area contributed by atoms with Crippen molar-refractivity contribution in [2.24, 2.45) is 0 Å². The zero-order chi connectivity index (χ0) is 22.3. The lowest BCUT2D eigenvalue weighted by Crippen LogP contribution is -2.31. The summed E-state index contributed by atoms with van der Waals surface area (Å²) in [5.41, 5.74) is 4.61. The van der Waals surface area contributed by atoms with Gasteiger partial charge in [-0.25, -0.2) is 23.1 Å². The van der Waals surface area contributed by atoms with Crippen LogP contribution in [0.3, 0.4) is 0 Å². The molecule has 0 saturated carbocycles. The van der Waals surface area contributed by atoms with E-state index in [0.29, 0.717) is 19.5 Å². The van der Waals surface area contributed by atoms with Crippen molar-refractivity contribution in [2.45, 2.75) is 31.6 Å². The van der Waals surface area contributed by atoms with Crippen molar-refractivity contribution in [2.75, 3.05) is 12.8 Å². The van der Waals surface area contributed by atoms with Crippen LogP contribution in [-0.2, 0) is 29.3 Å². The maximum absolute atomic E-state index is 11.8. The Kier molecular flexibility index (Phi) is 5.15. The molecule has 1 aliphatic heterocycles. The molecule has 3 aromatic heterocycles. The van der Waals surface area contributed by atoms with Gasteiger partial charge in [-0.3, -0.25) is 4.90 Å². The van der Waals surface area contributed by atoms with Gasteiger partial charge in [-0.15, -0.1) is 0 Å².